The molecule has 0 bridgehead atoms. The molecular formula is C18H33NO. The van der Waals surface area contributed by atoms with E-state index in [9.17, 15) is 0 Å². The van der Waals surface area contributed by atoms with E-state index in [-0.39, 0.29) is 5.60 Å². The molecule has 0 aliphatic heterocycles. The van der Waals surface area contributed by atoms with Crippen LogP contribution >= 0.6 is 0 Å². The lowest BCUT2D eigenvalue weighted by molar-refractivity contribution is -0.0930. The fourth-order valence-electron chi connectivity index (χ4n) is 4.29. The monoisotopic (exact) mass is 279 g/mol. The van der Waals surface area contributed by atoms with E-state index in [1.165, 1.54) is 51.4 Å². The number of nitrogens with one attached hydrogen (secondary N) is 1. The average Bonchev–Trinajstić information content (AvgIpc) is 2.46. The number of allylic oxidation sites excluding steroid dienone is 1. The summed E-state index contributed by atoms with van der Waals surface area (Å²) in [6.45, 7) is 8.64. The van der Waals surface area contributed by atoms with Crippen LogP contribution in [0.3, 0.4) is 0 Å². The first kappa shape index (κ1) is 16.0. The van der Waals surface area contributed by atoms with Gasteiger partial charge in [-0.15, -0.1) is 0 Å². The van der Waals surface area contributed by atoms with Gasteiger partial charge >= 0.3 is 0 Å². The third kappa shape index (κ3) is 3.65. The summed E-state index contributed by atoms with van der Waals surface area (Å²) in [5, 5.41) is 3.77. The first-order valence-electron chi connectivity index (χ1n) is 8.78. The molecule has 116 valence electrons. The van der Waals surface area contributed by atoms with Gasteiger partial charge in [0.2, 0.25) is 0 Å². The molecule has 0 heterocycles. The van der Waals surface area contributed by atoms with Crippen LogP contribution in [0.25, 0.3) is 0 Å². The van der Waals surface area contributed by atoms with E-state index in [0.717, 1.165) is 19.1 Å². The zero-order valence-corrected chi connectivity index (χ0v) is 13.7. The highest BCUT2D eigenvalue weighted by atomic mass is 16.5. The van der Waals surface area contributed by atoms with Gasteiger partial charge in [0.05, 0.1) is 11.6 Å². The molecule has 2 heteroatoms. The number of rotatable bonds is 6. The molecule has 2 rings (SSSR count). The van der Waals surface area contributed by atoms with Gasteiger partial charge in [0, 0.05) is 6.61 Å². The van der Waals surface area contributed by atoms with E-state index in [2.05, 4.69) is 32.2 Å². The molecular weight excluding hydrogens is 246 g/mol. The van der Waals surface area contributed by atoms with Crippen molar-refractivity contribution < 1.29 is 4.74 Å². The van der Waals surface area contributed by atoms with E-state index in [0.29, 0.717) is 6.04 Å². The van der Waals surface area contributed by atoms with Gasteiger partial charge in [0.15, 0.2) is 0 Å². The number of ether oxygens (including phenoxy) is 1. The molecule has 0 aromatic heterocycles. The van der Waals surface area contributed by atoms with Gasteiger partial charge in [-0.3, -0.25) is 0 Å². The number of likely N-dealkylation sites (N-methyl/N-ethyl adjacent to an activating group) is 1. The zero-order chi connectivity index (χ0) is 14.4. The van der Waals surface area contributed by atoms with E-state index in [1.54, 1.807) is 5.57 Å². The molecule has 2 aliphatic rings. The molecule has 2 nitrogen and oxygen atoms in total. The molecule has 0 aromatic carbocycles. The first-order valence-corrected chi connectivity index (χ1v) is 8.78. The highest BCUT2D eigenvalue weighted by Crippen LogP contribution is 2.41. The Kier molecular flexibility index (Phi) is 6.10. The van der Waals surface area contributed by atoms with Crippen LogP contribution in [0.5, 0.6) is 0 Å². The first-order chi connectivity index (χ1) is 9.72. The maximum atomic E-state index is 6.41. The summed E-state index contributed by atoms with van der Waals surface area (Å²) in [6.07, 6.45) is 12.9. The van der Waals surface area contributed by atoms with E-state index in [1.807, 2.05) is 0 Å². The standard InChI is InChI=1S/C18H33NO/c1-4-19-17(16-11-7-6-8-12-16)18(20-5-2)13-9-10-15(3)14-18/h11,15,17,19H,4-10,12-14H2,1-3H3. The smallest absolute Gasteiger partial charge is 0.0875 e. The Hall–Kier alpha value is -0.340. The van der Waals surface area contributed by atoms with Crippen molar-refractivity contribution in [3.8, 4) is 0 Å². The summed E-state index contributed by atoms with van der Waals surface area (Å²) < 4.78 is 6.41. The van der Waals surface area contributed by atoms with Crippen LogP contribution in [0.1, 0.15) is 72.1 Å². The summed E-state index contributed by atoms with van der Waals surface area (Å²) in [5.74, 6) is 0.792. The minimum atomic E-state index is 0.0472. The van der Waals surface area contributed by atoms with Crippen molar-refractivity contribution in [2.45, 2.75) is 83.8 Å². The SMILES string of the molecule is CCNC(C1=CCCCC1)C1(OCC)CCCC(C)C1. The Bertz CT molecular complexity index is 321. The summed E-state index contributed by atoms with van der Waals surface area (Å²) in [7, 11) is 0. The van der Waals surface area contributed by atoms with Crippen LogP contribution in [-0.4, -0.2) is 24.8 Å². The van der Waals surface area contributed by atoms with Crippen LogP contribution < -0.4 is 5.32 Å². The van der Waals surface area contributed by atoms with Crippen LogP contribution in [0, 0.1) is 5.92 Å². The third-order valence-electron chi connectivity index (χ3n) is 5.05. The Morgan fingerprint density at radius 3 is 2.80 bits per heavy atom. The fraction of sp³-hybridized carbons (Fsp3) is 0.889. The predicted molar refractivity (Wildman–Crippen MR) is 86.0 cm³/mol. The van der Waals surface area contributed by atoms with Crippen LogP contribution in [-0.2, 0) is 4.74 Å². The summed E-state index contributed by atoms with van der Waals surface area (Å²) >= 11 is 0. The molecule has 2 aliphatic carbocycles. The lowest BCUT2D eigenvalue weighted by Gasteiger charge is -2.47. The summed E-state index contributed by atoms with van der Waals surface area (Å²) in [4.78, 5) is 0. The fourth-order valence-corrected chi connectivity index (χ4v) is 4.29. The summed E-state index contributed by atoms with van der Waals surface area (Å²) in [5.41, 5.74) is 1.67. The molecule has 0 aromatic rings. The Morgan fingerprint density at radius 1 is 1.35 bits per heavy atom. The molecule has 0 amide bonds. The average molecular weight is 279 g/mol. The second-order valence-corrected chi connectivity index (χ2v) is 6.71. The highest BCUT2D eigenvalue weighted by molar-refractivity contribution is 5.20. The van der Waals surface area contributed by atoms with E-state index in [4.69, 9.17) is 4.74 Å². The van der Waals surface area contributed by atoms with Gasteiger partial charge in [-0.25, -0.2) is 0 Å². The topological polar surface area (TPSA) is 21.3 Å². The van der Waals surface area contributed by atoms with Crippen LogP contribution in [0.15, 0.2) is 11.6 Å². The second-order valence-electron chi connectivity index (χ2n) is 6.71. The van der Waals surface area contributed by atoms with Gasteiger partial charge in [-0.2, -0.15) is 0 Å². The van der Waals surface area contributed by atoms with Crippen molar-refractivity contribution >= 4 is 0 Å². The van der Waals surface area contributed by atoms with Crippen LogP contribution in [0.4, 0.5) is 0 Å². The minimum absolute atomic E-state index is 0.0472. The maximum Gasteiger partial charge on any atom is 0.0875 e. The van der Waals surface area contributed by atoms with Crippen molar-refractivity contribution in [2.75, 3.05) is 13.2 Å². The Morgan fingerprint density at radius 2 is 2.20 bits per heavy atom. The second kappa shape index (κ2) is 7.61. The summed E-state index contributed by atoms with van der Waals surface area (Å²) in [6, 6.07) is 0.440. The molecule has 1 fully saturated rings. The highest BCUT2D eigenvalue weighted by Gasteiger charge is 2.43. The molecule has 0 radical (unpaired) electrons. The van der Waals surface area contributed by atoms with Crippen molar-refractivity contribution in [3.63, 3.8) is 0 Å². The van der Waals surface area contributed by atoms with Crippen molar-refractivity contribution in [2.24, 2.45) is 5.92 Å². The predicted octanol–water partition coefficient (Wildman–Crippen LogP) is 4.45. The number of hydrogen-bond acceptors (Lipinski definition) is 2. The third-order valence-corrected chi connectivity index (χ3v) is 5.05. The van der Waals surface area contributed by atoms with Gasteiger partial charge in [-0.1, -0.05) is 38.3 Å². The van der Waals surface area contributed by atoms with Crippen molar-refractivity contribution in [1.29, 1.82) is 0 Å². The molecule has 0 spiro atoms. The quantitative estimate of drug-likeness (QED) is 0.725. The molecule has 1 saturated carbocycles. The Labute approximate surface area is 125 Å². The number of hydrogen-bond donors (Lipinski definition) is 1. The normalized spacial score (nSPS) is 32.8. The minimum Gasteiger partial charge on any atom is -0.373 e. The lowest BCUT2D eigenvalue weighted by Crippen LogP contribution is -2.56. The van der Waals surface area contributed by atoms with Gasteiger partial charge < -0.3 is 10.1 Å². The zero-order valence-electron chi connectivity index (χ0n) is 13.7. The largest absolute Gasteiger partial charge is 0.373 e. The molecule has 3 atom stereocenters. The molecule has 20 heavy (non-hydrogen) atoms. The van der Waals surface area contributed by atoms with Gasteiger partial charge in [0.25, 0.3) is 0 Å². The Balaban J connectivity index is 2.23. The molecule has 0 saturated heterocycles. The van der Waals surface area contributed by atoms with Crippen LogP contribution in [0.2, 0.25) is 0 Å². The van der Waals surface area contributed by atoms with Gasteiger partial charge in [0.1, 0.15) is 0 Å². The van der Waals surface area contributed by atoms with E-state index >= 15 is 0 Å². The molecule has 3 unspecified atom stereocenters. The van der Waals surface area contributed by atoms with Crippen molar-refractivity contribution in [3.05, 3.63) is 11.6 Å². The maximum absolute atomic E-state index is 6.41. The molecule has 1 N–H and O–H groups in total. The van der Waals surface area contributed by atoms with Crippen molar-refractivity contribution in [1.82, 2.24) is 5.32 Å². The lowest BCUT2D eigenvalue weighted by atomic mass is 9.71. The van der Waals surface area contributed by atoms with E-state index < -0.39 is 0 Å². The van der Waals surface area contributed by atoms with Gasteiger partial charge in [-0.05, 0) is 57.9 Å².